The summed E-state index contributed by atoms with van der Waals surface area (Å²) < 4.78 is 10.4. The molecule has 1 fully saturated rings. The molecule has 3 rings (SSSR count). The van der Waals surface area contributed by atoms with Gasteiger partial charge in [-0.2, -0.15) is 0 Å². The molecular formula is C29H34O4. The van der Waals surface area contributed by atoms with Crippen molar-refractivity contribution in [3.8, 4) is 11.1 Å². The Morgan fingerprint density at radius 1 is 0.848 bits per heavy atom. The predicted molar refractivity (Wildman–Crippen MR) is 132 cm³/mol. The van der Waals surface area contributed by atoms with Gasteiger partial charge in [0, 0.05) is 18.1 Å². The van der Waals surface area contributed by atoms with Gasteiger partial charge in [0.05, 0.1) is 13.2 Å². The number of ether oxygens (including phenoxy) is 2. The van der Waals surface area contributed by atoms with Crippen molar-refractivity contribution >= 4 is 11.9 Å². The predicted octanol–water partition coefficient (Wildman–Crippen LogP) is 6.26. The molecule has 1 saturated carbocycles. The zero-order chi connectivity index (χ0) is 23.6. The maximum absolute atomic E-state index is 11.4. The van der Waals surface area contributed by atoms with Gasteiger partial charge in [-0.15, -0.1) is 0 Å². The van der Waals surface area contributed by atoms with E-state index in [-0.39, 0.29) is 19.1 Å². The Hall–Kier alpha value is -3.14. The highest BCUT2D eigenvalue weighted by Crippen LogP contribution is 2.36. The van der Waals surface area contributed by atoms with Crippen molar-refractivity contribution in [2.45, 2.75) is 44.9 Å². The number of carbonyl (C=O) groups is 2. The molecule has 0 unspecified atom stereocenters. The molecule has 174 valence electrons. The second-order valence-corrected chi connectivity index (χ2v) is 9.01. The lowest BCUT2D eigenvalue weighted by Gasteiger charge is -2.26. The highest BCUT2D eigenvalue weighted by atomic mass is 16.5. The van der Waals surface area contributed by atoms with Gasteiger partial charge in [-0.25, -0.2) is 9.59 Å². The fourth-order valence-electron chi connectivity index (χ4n) is 4.39. The maximum atomic E-state index is 11.4. The van der Waals surface area contributed by atoms with Crippen LogP contribution in [0.1, 0.15) is 49.7 Å². The van der Waals surface area contributed by atoms with Crippen molar-refractivity contribution in [3.05, 3.63) is 85.0 Å². The fraction of sp³-hybridized carbons (Fsp3) is 0.379. The first-order valence-corrected chi connectivity index (χ1v) is 11.8. The van der Waals surface area contributed by atoms with E-state index >= 15 is 0 Å². The lowest BCUT2D eigenvalue weighted by molar-refractivity contribution is -0.142. The van der Waals surface area contributed by atoms with E-state index in [1.165, 1.54) is 36.8 Å². The molecule has 0 aromatic heterocycles. The van der Waals surface area contributed by atoms with Crippen LogP contribution in [0.3, 0.4) is 0 Å². The van der Waals surface area contributed by atoms with Gasteiger partial charge >= 0.3 is 11.9 Å². The summed E-state index contributed by atoms with van der Waals surface area (Å²) in [5, 5.41) is 0. The molecule has 2 aromatic carbocycles. The second-order valence-electron chi connectivity index (χ2n) is 9.01. The molecule has 0 heterocycles. The van der Waals surface area contributed by atoms with E-state index in [1.807, 2.05) is 0 Å². The van der Waals surface area contributed by atoms with Crippen LogP contribution in [-0.2, 0) is 25.5 Å². The monoisotopic (exact) mass is 446 g/mol. The number of carbonyl (C=O) groups excluding carboxylic acids is 2. The van der Waals surface area contributed by atoms with Crippen molar-refractivity contribution in [2.24, 2.45) is 11.8 Å². The number of rotatable bonds is 10. The molecule has 0 radical (unpaired) electrons. The summed E-state index contributed by atoms with van der Waals surface area (Å²) in [5.74, 6) is 0.427. The topological polar surface area (TPSA) is 52.6 Å². The third-order valence-corrected chi connectivity index (χ3v) is 6.47. The molecule has 1 aliphatic carbocycles. The van der Waals surface area contributed by atoms with E-state index in [0.29, 0.717) is 12.3 Å². The molecule has 0 spiro atoms. The van der Waals surface area contributed by atoms with Gasteiger partial charge in [-0.1, -0.05) is 81.5 Å². The Bertz CT molecular complexity index is 911. The first kappa shape index (κ1) is 24.5. The van der Waals surface area contributed by atoms with E-state index in [1.54, 1.807) is 0 Å². The third kappa shape index (κ3) is 7.45. The van der Waals surface area contributed by atoms with Gasteiger partial charge < -0.3 is 9.47 Å². The Morgan fingerprint density at radius 3 is 1.82 bits per heavy atom. The fourth-order valence-corrected chi connectivity index (χ4v) is 4.39. The van der Waals surface area contributed by atoms with Gasteiger partial charge in [-0.05, 0) is 53.4 Å². The molecule has 2 aromatic rings. The van der Waals surface area contributed by atoms with Gasteiger partial charge in [0.15, 0.2) is 0 Å². The van der Waals surface area contributed by atoms with Crippen LogP contribution in [-0.4, -0.2) is 25.2 Å². The molecule has 0 bridgehead atoms. The molecule has 0 amide bonds. The van der Waals surface area contributed by atoms with Crippen LogP contribution in [0.2, 0.25) is 0 Å². The van der Waals surface area contributed by atoms with Crippen molar-refractivity contribution in [1.82, 2.24) is 0 Å². The van der Waals surface area contributed by atoms with Gasteiger partial charge in [0.2, 0.25) is 0 Å². The van der Waals surface area contributed by atoms with E-state index in [0.717, 1.165) is 29.2 Å². The lowest BCUT2D eigenvalue weighted by Crippen LogP contribution is -2.22. The van der Waals surface area contributed by atoms with Crippen LogP contribution in [0, 0.1) is 11.8 Å². The number of benzene rings is 2. The molecular weight excluding hydrogens is 412 g/mol. The molecule has 0 saturated heterocycles. The van der Waals surface area contributed by atoms with Crippen LogP contribution in [0.4, 0.5) is 0 Å². The Labute approximate surface area is 197 Å². The second kappa shape index (κ2) is 12.2. The summed E-state index contributed by atoms with van der Waals surface area (Å²) in [5.41, 5.74) is 4.90. The van der Waals surface area contributed by atoms with Crippen LogP contribution < -0.4 is 0 Å². The van der Waals surface area contributed by atoms with E-state index < -0.39 is 11.9 Å². The third-order valence-electron chi connectivity index (χ3n) is 6.47. The largest absolute Gasteiger partial charge is 0.462 e. The van der Waals surface area contributed by atoms with Crippen molar-refractivity contribution in [1.29, 1.82) is 0 Å². The summed E-state index contributed by atoms with van der Waals surface area (Å²) in [7, 11) is 0. The van der Waals surface area contributed by atoms with Gasteiger partial charge in [0.1, 0.15) is 0 Å². The minimum Gasteiger partial charge on any atom is -0.462 e. The Kier molecular flexibility index (Phi) is 9.05. The lowest BCUT2D eigenvalue weighted by atomic mass is 9.79. The van der Waals surface area contributed by atoms with E-state index in [4.69, 9.17) is 9.47 Å². The van der Waals surface area contributed by atoms with Gasteiger partial charge in [-0.3, -0.25) is 0 Å². The summed E-state index contributed by atoms with van der Waals surface area (Å²) in [6, 6.07) is 17.4. The molecule has 0 atom stereocenters. The van der Waals surface area contributed by atoms with Crippen LogP contribution in [0.15, 0.2) is 73.8 Å². The first-order valence-electron chi connectivity index (χ1n) is 11.8. The summed E-state index contributed by atoms with van der Waals surface area (Å²) in [4.78, 5) is 22.9. The summed E-state index contributed by atoms with van der Waals surface area (Å²) in [6.45, 7) is 9.48. The summed E-state index contributed by atoms with van der Waals surface area (Å²) in [6.07, 6.45) is 8.11. The maximum Gasteiger partial charge on any atom is 0.330 e. The van der Waals surface area contributed by atoms with Crippen molar-refractivity contribution < 1.29 is 19.1 Å². The SMILES string of the molecule is C=CC(=O)OCC(COC(=O)C=C)Cc1ccc(-c2ccc(C3CCC(C)CC3)cc2)cc1. The smallest absolute Gasteiger partial charge is 0.330 e. The van der Waals surface area contributed by atoms with Crippen LogP contribution in [0.25, 0.3) is 11.1 Å². The van der Waals surface area contributed by atoms with E-state index in [9.17, 15) is 9.59 Å². The van der Waals surface area contributed by atoms with Gasteiger partial charge in [0.25, 0.3) is 0 Å². The standard InChI is InChI=1S/C29H34O4/c1-4-28(30)32-19-23(20-33-29(31)5-2)18-22-8-12-25(13-9-22)27-16-14-26(15-17-27)24-10-6-21(3)7-11-24/h4-5,8-9,12-17,21,23-24H,1-2,6-7,10-11,18-20H2,3H3. The average molecular weight is 447 g/mol. The Morgan fingerprint density at radius 2 is 1.33 bits per heavy atom. The number of hydrogen-bond donors (Lipinski definition) is 0. The Balaban J connectivity index is 1.62. The van der Waals surface area contributed by atoms with Crippen molar-refractivity contribution in [3.63, 3.8) is 0 Å². The number of esters is 2. The minimum absolute atomic E-state index is 0.151. The number of hydrogen-bond acceptors (Lipinski definition) is 4. The van der Waals surface area contributed by atoms with E-state index in [2.05, 4.69) is 68.6 Å². The zero-order valence-corrected chi connectivity index (χ0v) is 19.5. The molecule has 4 nitrogen and oxygen atoms in total. The summed E-state index contributed by atoms with van der Waals surface area (Å²) >= 11 is 0. The van der Waals surface area contributed by atoms with Crippen LogP contribution in [0.5, 0.6) is 0 Å². The highest BCUT2D eigenvalue weighted by molar-refractivity contribution is 5.81. The molecule has 0 N–H and O–H groups in total. The van der Waals surface area contributed by atoms with Crippen LogP contribution >= 0.6 is 0 Å². The highest BCUT2D eigenvalue weighted by Gasteiger charge is 2.19. The average Bonchev–Trinajstić information content (AvgIpc) is 2.86. The first-order chi connectivity index (χ1) is 16.0. The molecule has 33 heavy (non-hydrogen) atoms. The normalized spacial score (nSPS) is 17.9. The zero-order valence-electron chi connectivity index (χ0n) is 19.5. The molecule has 4 heteroatoms. The quantitative estimate of drug-likeness (QED) is 0.319. The minimum atomic E-state index is -0.489. The molecule has 0 aliphatic heterocycles. The van der Waals surface area contributed by atoms with Crippen molar-refractivity contribution in [2.75, 3.05) is 13.2 Å². The molecule has 1 aliphatic rings.